The number of benzene rings is 2. The lowest BCUT2D eigenvalue weighted by molar-refractivity contribution is 0.318. The average molecular weight is 336 g/mol. The number of hydrogen-bond donors (Lipinski definition) is 0. The van der Waals surface area contributed by atoms with E-state index < -0.39 is 54.8 Å². The summed E-state index contributed by atoms with van der Waals surface area (Å²) in [6.07, 6.45) is 1.58. The highest BCUT2D eigenvalue weighted by Crippen LogP contribution is 2.21. The Morgan fingerprint density at radius 1 is 1.09 bits per heavy atom. The van der Waals surface area contributed by atoms with Crippen molar-refractivity contribution in [2.24, 2.45) is 0 Å². The van der Waals surface area contributed by atoms with E-state index >= 15 is 0 Å². The van der Waals surface area contributed by atoms with Gasteiger partial charge in [0, 0.05) is 11.6 Å². The van der Waals surface area contributed by atoms with Crippen LogP contribution < -0.4 is 0 Å². The van der Waals surface area contributed by atoms with Crippen molar-refractivity contribution in [1.82, 2.24) is 14.5 Å². The molecule has 118 valence electrons. The van der Waals surface area contributed by atoms with Crippen LogP contribution in [0.3, 0.4) is 0 Å². The molecule has 4 heteroatoms. The first-order valence-electron chi connectivity index (χ1n) is 12.4. The normalized spacial score (nSPS) is 22.3. The molecule has 0 spiro atoms. The summed E-state index contributed by atoms with van der Waals surface area (Å²) in [4.78, 5) is 5.87. The Kier molecular flexibility index (Phi) is 2.03. The standard InChI is InChI=1S/C19H20ClN3/c20-16-9-7-15(8-10-16)13-23-18-6-2-1-5-17(18)21-19(23)14-22-11-3-4-12-22/h1-2,5-10H,3-4,11-14H2/i1D,2D,5D,6D,7D,8D,9D,10D,14D2. The number of para-hydroxylation sites is 2. The molecule has 1 saturated heterocycles. The summed E-state index contributed by atoms with van der Waals surface area (Å²) in [6, 6.07) is -3.55. The molecular weight excluding hydrogens is 306 g/mol. The molecule has 0 amide bonds. The predicted octanol–water partition coefficient (Wildman–Crippen LogP) is 4.33. The lowest BCUT2D eigenvalue weighted by Gasteiger charge is -2.16. The second-order valence-electron chi connectivity index (χ2n) is 5.32. The number of halogens is 1. The zero-order chi connectivity index (χ0) is 24.4. The van der Waals surface area contributed by atoms with Gasteiger partial charge in [0.25, 0.3) is 0 Å². The Bertz CT molecular complexity index is 1250. The molecule has 1 aliphatic heterocycles. The molecule has 0 N–H and O–H groups in total. The van der Waals surface area contributed by atoms with Crippen LogP contribution >= 0.6 is 11.6 Å². The van der Waals surface area contributed by atoms with Crippen molar-refractivity contribution in [3.8, 4) is 0 Å². The first-order chi connectivity index (χ1) is 15.4. The van der Waals surface area contributed by atoms with Gasteiger partial charge in [0.2, 0.25) is 0 Å². The maximum atomic E-state index is 8.78. The van der Waals surface area contributed by atoms with E-state index in [1.807, 2.05) is 0 Å². The second-order valence-corrected chi connectivity index (χ2v) is 5.70. The molecule has 0 aliphatic carbocycles. The zero-order valence-electron chi connectivity index (χ0n) is 22.3. The smallest absolute Gasteiger partial charge is 0.124 e. The van der Waals surface area contributed by atoms with Crippen LogP contribution in [0.15, 0.2) is 48.3 Å². The second kappa shape index (κ2) is 6.34. The van der Waals surface area contributed by atoms with E-state index in [9.17, 15) is 0 Å². The molecule has 3 aromatic rings. The molecule has 0 atom stereocenters. The van der Waals surface area contributed by atoms with E-state index in [1.54, 1.807) is 4.90 Å². The molecule has 0 bridgehead atoms. The fourth-order valence-electron chi connectivity index (χ4n) is 2.62. The van der Waals surface area contributed by atoms with Gasteiger partial charge in [-0.25, -0.2) is 4.98 Å². The van der Waals surface area contributed by atoms with Gasteiger partial charge in [-0.15, -0.1) is 0 Å². The van der Waals surface area contributed by atoms with Gasteiger partial charge in [0.1, 0.15) is 5.82 Å². The van der Waals surface area contributed by atoms with Crippen LogP contribution in [0.5, 0.6) is 0 Å². The van der Waals surface area contributed by atoms with Gasteiger partial charge in [-0.05, 0) is 55.7 Å². The minimum absolute atomic E-state index is 0.0640. The van der Waals surface area contributed by atoms with Crippen molar-refractivity contribution in [3.05, 3.63) is 64.7 Å². The van der Waals surface area contributed by atoms with E-state index in [1.165, 1.54) is 4.57 Å². The maximum Gasteiger partial charge on any atom is 0.124 e. The van der Waals surface area contributed by atoms with Crippen LogP contribution in [-0.4, -0.2) is 27.5 Å². The SMILES string of the molecule is [2H]c1c([2H])c(Cn2c(C([2H])([2H])N3CCCC3)nc3c([2H])c([2H])c([2H])c([2H])c32)c([2H])c([2H])c1Cl. The number of hydrogen-bond acceptors (Lipinski definition) is 2. The first kappa shape index (κ1) is 7.37. The van der Waals surface area contributed by atoms with Gasteiger partial charge in [0.05, 0.1) is 31.2 Å². The molecular formula is C19H20ClN3. The summed E-state index contributed by atoms with van der Waals surface area (Å²) in [5, 5.41) is -0.334. The quantitative estimate of drug-likeness (QED) is 0.707. The highest BCUT2D eigenvalue weighted by molar-refractivity contribution is 6.30. The van der Waals surface area contributed by atoms with Crippen LogP contribution in [0.25, 0.3) is 11.0 Å². The Labute approximate surface area is 155 Å². The van der Waals surface area contributed by atoms with Crippen LogP contribution in [0, 0.1) is 0 Å². The van der Waals surface area contributed by atoms with Crippen molar-refractivity contribution in [2.75, 3.05) is 13.1 Å². The number of fused-ring (bicyclic) bond motifs is 1. The molecule has 1 fully saturated rings. The summed E-state index contributed by atoms with van der Waals surface area (Å²) >= 11 is 5.91. The molecule has 1 aromatic heterocycles. The monoisotopic (exact) mass is 335 g/mol. The molecule has 3 nitrogen and oxygen atoms in total. The topological polar surface area (TPSA) is 21.1 Å². The fraction of sp³-hybridized carbons (Fsp3) is 0.316. The van der Waals surface area contributed by atoms with Crippen molar-refractivity contribution in [2.45, 2.75) is 25.9 Å². The molecule has 0 unspecified atom stereocenters. The van der Waals surface area contributed by atoms with Crippen LogP contribution in [0.1, 0.15) is 37.9 Å². The van der Waals surface area contributed by atoms with Gasteiger partial charge in [-0.3, -0.25) is 4.90 Å². The van der Waals surface area contributed by atoms with Gasteiger partial charge >= 0.3 is 0 Å². The van der Waals surface area contributed by atoms with Crippen LogP contribution in [-0.2, 0) is 13.0 Å². The van der Waals surface area contributed by atoms with E-state index in [0.29, 0.717) is 13.1 Å². The van der Waals surface area contributed by atoms with E-state index in [4.69, 9.17) is 25.3 Å². The Morgan fingerprint density at radius 3 is 2.61 bits per heavy atom. The highest BCUT2D eigenvalue weighted by atomic mass is 35.5. The molecule has 2 heterocycles. The maximum absolute atomic E-state index is 8.78. The number of nitrogens with zero attached hydrogens (tertiary/aromatic N) is 3. The lowest BCUT2D eigenvalue weighted by atomic mass is 10.2. The minimum atomic E-state index is -2.14. The van der Waals surface area contributed by atoms with Crippen molar-refractivity contribution in [1.29, 1.82) is 0 Å². The largest absolute Gasteiger partial charge is 0.322 e. The zero-order valence-corrected chi connectivity index (χ0v) is 13.0. The third-order valence-electron chi connectivity index (χ3n) is 3.72. The van der Waals surface area contributed by atoms with Crippen molar-refractivity contribution in [3.63, 3.8) is 0 Å². The third-order valence-corrected chi connectivity index (χ3v) is 3.91. The third kappa shape index (κ3) is 3.12. The van der Waals surface area contributed by atoms with Gasteiger partial charge in [-0.2, -0.15) is 0 Å². The highest BCUT2D eigenvalue weighted by Gasteiger charge is 2.17. The Morgan fingerprint density at radius 2 is 1.83 bits per heavy atom. The van der Waals surface area contributed by atoms with Crippen LogP contribution in [0.2, 0.25) is 5.02 Å². The summed E-state index contributed by atoms with van der Waals surface area (Å²) < 4.78 is 84.1. The Hall–Kier alpha value is -1.84. The lowest BCUT2D eigenvalue weighted by Crippen LogP contribution is -2.21. The fourth-order valence-corrected chi connectivity index (χ4v) is 2.71. The van der Waals surface area contributed by atoms with Gasteiger partial charge < -0.3 is 4.57 Å². The van der Waals surface area contributed by atoms with Crippen molar-refractivity contribution >= 4 is 22.6 Å². The van der Waals surface area contributed by atoms with Crippen LogP contribution in [0.4, 0.5) is 0 Å². The van der Waals surface area contributed by atoms with Crippen molar-refractivity contribution < 1.29 is 13.7 Å². The summed E-state index contributed by atoms with van der Waals surface area (Å²) in [6.45, 7) is -1.59. The van der Waals surface area contributed by atoms with E-state index in [-0.39, 0.29) is 34.0 Å². The molecule has 2 aromatic carbocycles. The Balaban J connectivity index is 2.05. The van der Waals surface area contributed by atoms with E-state index in [2.05, 4.69) is 4.98 Å². The number of imidazole rings is 1. The summed E-state index contributed by atoms with van der Waals surface area (Å²) in [5.74, 6) is -0.182. The molecule has 0 radical (unpaired) electrons. The summed E-state index contributed by atoms with van der Waals surface area (Å²) in [5.41, 5.74) is -0.270. The number of rotatable bonds is 4. The van der Waals surface area contributed by atoms with Gasteiger partial charge in [0.15, 0.2) is 0 Å². The van der Waals surface area contributed by atoms with E-state index in [0.717, 1.165) is 12.8 Å². The molecule has 1 aliphatic rings. The number of aromatic nitrogens is 2. The molecule has 23 heavy (non-hydrogen) atoms. The predicted molar refractivity (Wildman–Crippen MR) is 94.8 cm³/mol. The first-order valence-corrected chi connectivity index (χ1v) is 7.74. The molecule has 4 rings (SSSR count). The average Bonchev–Trinajstić information content (AvgIpc) is 3.45. The molecule has 0 saturated carbocycles. The van der Waals surface area contributed by atoms with Gasteiger partial charge in [-0.1, -0.05) is 35.8 Å². The number of likely N-dealkylation sites (tertiary alicyclic amines) is 1. The minimum Gasteiger partial charge on any atom is -0.322 e. The summed E-state index contributed by atoms with van der Waals surface area (Å²) in [7, 11) is 0.